The Morgan fingerprint density at radius 3 is 2.00 bits per heavy atom. The number of likely N-dealkylation sites (tertiary alicyclic amines) is 1. The summed E-state index contributed by atoms with van der Waals surface area (Å²) in [5.41, 5.74) is 5.57. The summed E-state index contributed by atoms with van der Waals surface area (Å²) >= 11 is 0. The summed E-state index contributed by atoms with van der Waals surface area (Å²) in [4.78, 5) is 21.3. The number of nitrogens with two attached hydrogens (primary N) is 1. The van der Waals surface area contributed by atoms with Crippen molar-refractivity contribution in [3.8, 4) is 0 Å². The molecule has 1 atom stereocenters. The summed E-state index contributed by atoms with van der Waals surface area (Å²) in [6.45, 7) is 3.17. The van der Waals surface area contributed by atoms with Crippen LogP contribution in [-0.4, -0.2) is 47.2 Å². The number of carbonyl (C=O) groups is 2. The number of carboxylic acids is 1. The number of halogens is 3. The van der Waals surface area contributed by atoms with E-state index in [2.05, 4.69) is 0 Å². The van der Waals surface area contributed by atoms with Gasteiger partial charge in [0.05, 0.1) is 0 Å². The van der Waals surface area contributed by atoms with Gasteiger partial charge in [0.15, 0.2) is 0 Å². The molecule has 1 aliphatic heterocycles. The molecule has 0 aliphatic carbocycles. The quantitative estimate of drug-likeness (QED) is 0.635. The second-order valence-corrected chi connectivity index (χ2v) is 3.32. The number of carboxylic acid groups (broad SMARTS) is 1. The zero-order valence-corrected chi connectivity index (χ0v) is 8.62. The zero-order chi connectivity index (χ0) is 12.9. The third-order valence-electron chi connectivity index (χ3n) is 1.91. The molecule has 16 heavy (non-hydrogen) atoms. The third-order valence-corrected chi connectivity index (χ3v) is 1.91. The average molecular weight is 242 g/mol. The van der Waals surface area contributed by atoms with E-state index in [0.29, 0.717) is 0 Å². The summed E-state index contributed by atoms with van der Waals surface area (Å²) < 4.78 is 31.7. The lowest BCUT2D eigenvalue weighted by Gasteiger charge is -2.11. The van der Waals surface area contributed by atoms with Crippen LogP contribution in [0.5, 0.6) is 0 Å². The summed E-state index contributed by atoms with van der Waals surface area (Å²) in [5, 5.41) is 7.12. The van der Waals surface area contributed by atoms with E-state index < -0.39 is 12.1 Å². The normalized spacial score (nSPS) is 20.1. The fourth-order valence-corrected chi connectivity index (χ4v) is 1.07. The lowest BCUT2D eigenvalue weighted by atomic mass is 10.3. The molecule has 0 unspecified atom stereocenters. The minimum Gasteiger partial charge on any atom is -0.475 e. The first kappa shape index (κ1) is 14.7. The largest absolute Gasteiger partial charge is 0.490 e. The number of hydrogen-bond acceptors (Lipinski definition) is 3. The number of carbonyl (C=O) groups excluding carboxylic acids is 1. The van der Waals surface area contributed by atoms with Crippen LogP contribution in [0, 0.1) is 0 Å². The van der Waals surface area contributed by atoms with Crippen LogP contribution in [-0.2, 0) is 9.59 Å². The van der Waals surface area contributed by atoms with Gasteiger partial charge >= 0.3 is 12.1 Å². The molecule has 1 amide bonds. The summed E-state index contributed by atoms with van der Waals surface area (Å²) in [7, 11) is 0. The average Bonchev–Trinajstić information content (AvgIpc) is 2.51. The minimum atomic E-state index is -5.08. The van der Waals surface area contributed by atoms with Crippen LogP contribution in [0.4, 0.5) is 13.2 Å². The van der Waals surface area contributed by atoms with Gasteiger partial charge < -0.3 is 15.7 Å². The Morgan fingerprint density at radius 1 is 1.44 bits per heavy atom. The van der Waals surface area contributed by atoms with Crippen molar-refractivity contribution in [1.29, 1.82) is 0 Å². The smallest absolute Gasteiger partial charge is 0.475 e. The van der Waals surface area contributed by atoms with Crippen LogP contribution in [0.2, 0.25) is 0 Å². The number of hydrogen-bond donors (Lipinski definition) is 2. The summed E-state index contributed by atoms with van der Waals surface area (Å²) in [6, 6.07) is 0.217. The van der Waals surface area contributed by atoms with Gasteiger partial charge in [-0.2, -0.15) is 13.2 Å². The zero-order valence-electron chi connectivity index (χ0n) is 8.62. The van der Waals surface area contributed by atoms with Crippen LogP contribution >= 0.6 is 0 Å². The SMILES string of the molecule is CC(=O)N1CC[C@@H](N)C1.O=C(O)C(F)(F)F. The maximum Gasteiger partial charge on any atom is 0.490 e. The number of alkyl halides is 3. The van der Waals surface area contributed by atoms with Crippen molar-refractivity contribution in [3.63, 3.8) is 0 Å². The van der Waals surface area contributed by atoms with Crippen molar-refractivity contribution in [3.05, 3.63) is 0 Å². The first-order valence-electron chi connectivity index (χ1n) is 4.45. The molecule has 0 saturated carbocycles. The second-order valence-electron chi connectivity index (χ2n) is 3.32. The Hall–Kier alpha value is -1.31. The topological polar surface area (TPSA) is 83.6 Å². The van der Waals surface area contributed by atoms with E-state index in [4.69, 9.17) is 15.6 Å². The lowest BCUT2D eigenvalue weighted by Crippen LogP contribution is -2.29. The highest BCUT2D eigenvalue weighted by molar-refractivity contribution is 5.73. The number of aliphatic carboxylic acids is 1. The standard InChI is InChI=1S/C6H12N2O.C2HF3O2/c1-5(9)8-3-2-6(7)4-8;3-2(4,5)1(6)7/h6H,2-4,7H2,1H3;(H,6,7)/t6-;/m1./s1. The molecule has 1 rings (SSSR count). The predicted molar refractivity (Wildman–Crippen MR) is 48.5 cm³/mol. The number of rotatable bonds is 0. The molecule has 1 aliphatic rings. The highest BCUT2D eigenvalue weighted by atomic mass is 19.4. The Morgan fingerprint density at radius 2 is 1.88 bits per heavy atom. The molecule has 94 valence electrons. The molecular weight excluding hydrogens is 229 g/mol. The molecule has 5 nitrogen and oxygen atoms in total. The van der Waals surface area contributed by atoms with Crippen LogP contribution in [0.3, 0.4) is 0 Å². The molecule has 0 bridgehead atoms. The van der Waals surface area contributed by atoms with Gasteiger partial charge in [-0.05, 0) is 6.42 Å². The van der Waals surface area contributed by atoms with E-state index in [1.165, 1.54) is 0 Å². The van der Waals surface area contributed by atoms with Crippen molar-refractivity contribution >= 4 is 11.9 Å². The molecule has 0 aromatic heterocycles. The third kappa shape index (κ3) is 5.54. The number of amides is 1. The Labute approximate surface area is 90.0 Å². The van der Waals surface area contributed by atoms with Gasteiger partial charge in [-0.25, -0.2) is 4.79 Å². The van der Waals surface area contributed by atoms with Crippen molar-refractivity contribution < 1.29 is 27.9 Å². The van der Waals surface area contributed by atoms with Gasteiger partial charge in [0, 0.05) is 26.1 Å². The van der Waals surface area contributed by atoms with Gasteiger partial charge in [0.25, 0.3) is 0 Å². The molecule has 0 aromatic carbocycles. The van der Waals surface area contributed by atoms with Crippen LogP contribution in [0.25, 0.3) is 0 Å². The predicted octanol–water partition coefficient (Wildman–Crippen LogP) is 0.199. The van der Waals surface area contributed by atoms with E-state index in [-0.39, 0.29) is 11.9 Å². The van der Waals surface area contributed by atoms with Gasteiger partial charge in [-0.1, -0.05) is 0 Å². The highest BCUT2D eigenvalue weighted by Gasteiger charge is 2.38. The van der Waals surface area contributed by atoms with Crippen LogP contribution in [0.1, 0.15) is 13.3 Å². The molecule has 1 fully saturated rings. The fourth-order valence-electron chi connectivity index (χ4n) is 1.07. The molecule has 0 aromatic rings. The monoisotopic (exact) mass is 242 g/mol. The highest BCUT2D eigenvalue weighted by Crippen LogP contribution is 2.13. The Bertz CT molecular complexity index is 268. The molecular formula is C8H13F3N2O3. The van der Waals surface area contributed by atoms with Crippen LogP contribution < -0.4 is 5.73 Å². The van der Waals surface area contributed by atoms with E-state index in [0.717, 1.165) is 19.5 Å². The molecule has 0 radical (unpaired) electrons. The van der Waals surface area contributed by atoms with Crippen molar-refractivity contribution in [2.45, 2.75) is 25.6 Å². The van der Waals surface area contributed by atoms with Gasteiger partial charge in [-0.15, -0.1) is 0 Å². The van der Waals surface area contributed by atoms with E-state index in [1.54, 1.807) is 11.8 Å². The molecule has 1 heterocycles. The van der Waals surface area contributed by atoms with E-state index in [9.17, 15) is 18.0 Å². The second kappa shape index (κ2) is 5.69. The summed E-state index contributed by atoms with van der Waals surface area (Å²) in [6.07, 6.45) is -4.13. The van der Waals surface area contributed by atoms with Crippen LogP contribution in [0.15, 0.2) is 0 Å². The van der Waals surface area contributed by atoms with Crippen molar-refractivity contribution in [1.82, 2.24) is 4.90 Å². The number of nitrogens with zero attached hydrogens (tertiary/aromatic N) is 1. The van der Waals surface area contributed by atoms with Gasteiger partial charge in [0.2, 0.25) is 5.91 Å². The first-order chi connectivity index (χ1) is 7.14. The molecule has 1 saturated heterocycles. The first-order valence-corrected chi connectivity index (χ1v) is 4.45. The molecule has 3 N–H and O–H groups in total. The Balaban J connectivity index is 0.000000293. The van der Waals surface area contributed by atoms with Crippen molar-refractivity contribution in [2.24, 2.45) is 5.73 Å². The Kier molecular flexibility index (Phi) is 5.22. The molecule has 0 spiro atoms. The van der Waals surface area contributed by atoms with Crippen molar-refractivity contribution in [2.75, 3.05) is 13.1 Å². The molecule has 8 heteroatoms. The maximum atomic E-state index is 10.7. The van der Waals surface area contributed by atoms with E-state index >= 15 is 0 Å². The lowest BCUT2D eigenvalue weighted by molar-refractivity contribution is -0.192. The minimum absolute atomic E-state index is 0.142. The summed E-state index contributed by atoms with van der Waals surface area (Å²) in [5.74, 6) is -2.62. The maximum absolute atomic E-state index is 10.7. The van der Waals surface area contributed by atoms with Gasteiger partial charge in [-0.3, -0.25) is 4.79 Å². The van der Waals surface area contributed by atoms with E-state index in [1.807, 2.05) is 0 Å². The fraction of sp³-hybridized carbons (Fsp3) is 0.750. The van der Waals surface area contributed by atoms with Gasteiger partial charge in [0.1, 0.15) is 0 Å².